The molecule has 0 saturated carbocycles. The highest BCUT2D eigenvalue weighted by Crippen LogP contribution is 2.31. The van der Waals surface area contributed by atoms with Crippen molar-refractivity contribution in [1.82, 2.24) is 30.6 Å². The fourth-order valence-electron chi connectivity index (χ4n) is 6.53. The summed E-state index contributed by atoms with van der Waals surface area (Å²) in [5.41, 5.74) is 2.46. The molecule has 2 aliphatic heterocycles. The number of halogens is 4. The van der Waals surface area contributed by atoms with Crippen molar-refractivity contribution in [3.05, 3.63) is 91.4 Å². The summed E-state index contributed by atoms with van der Waals surface area (Å²) in [5, 5.41) is 27.0. The standard InChI is InChI=1S/C42H50Cl4N12O3/c1-23-21-57(27-9-11-31(43)33(45)17-27)55-35(23)52-37(59)29-19-48-39(50-25(29)3)47-15-13-42(7,8)61-16-14-41(5,6)54-40-49-20-30(26(4)51-40)38(60)53-36-24(2)22-58(56-36)28-10-12-32(44)34(46)18-28/h9-12,17-20,23-24H,13-16,21-22H2,1-8H3,(H,47,48,50)(H,49,51,54)(H,52,55,59)(H,53,56,60)/t23-,24-/m0/s1. The first-order chi connectivity index (χ1) is 28.8. The third-order valence-corrected chi connectivity index (χ3v) is 11.8. The zero-order chi connectivity index (χ0) is 44.2. The lowest BCUT2D eigenvalue weighted by molar-refractivity contribution is -0.0259. The van der Waals surface area contributed by atoms with E-state index in [9.17, 15) is 9.59 Å². The molecule has 6 rings (SSSR count). The third-order valence-electron chi connectivity index (χ3n) is 10.3. The predicted molar refractivity (Wildman–Crippen MR) is 245 cm³/mol. The molecule has 2 aliphatic rings. The Bertz CT molecular complexity index is 2360. The molecule has 4 N–H and O–H groups in total. The van der Waals surface area contributed by atoms with Crippen LogP contribution in [0.4, 0.5) is 23.3 Å². The molecule has 4 aromatic rings. The highest BCUT2D eigenvalue weighted by atomic mass is 35.5. The Hall–Kier alpha value is -4.80. The van der Waals surface area contributed by atoms with Gasteiger partial charge < -0.3 is 26.0 Å². The zero-order valence-electron chi connectivity index (χ0n) is 35.3. The van der Waals surface area contributed by atoms with Gasteiger partial charge in [-0.25, -0.2) is 19.9 Å². The molecule has 0 radical (unpaired) electrons. The summed E-state index contributed by atoms with van der Waals surface area (Å²) in [6.07, 6.45) is 4.37. The van der Waals surface area contributed by atoms with E-state index in [0.717, 1.165) is 11.4 Å². The number of aromatic nitrogens is 4. The average Bonchev–Trinajstić information content (AvgIpc) is 3.73. The summed E-state index contributed by atoms with van der Waals surface area (Å²) < 4.78 is 6.31. The molecule has 2 aromatic heterocycles. The molecule has 2 amide bonds. The van der Waals surface area contributed by atoms with Gasteiger partial charge in [0.2, 0.25) is 11.9 Å². The van der Waals surface area contributed by atoms with Gasteiger partial charge in [0.05, 0.1) is 72.7 Å². The van der Waals surface area contributed by atoms with Crippen LogP contribution in [0.2, 0.25) is 20.1 Å². The number of nitrogens with one attached hydrogen (secondary N) is 4. The fourth-order valence-corrected chi connectivity index (χ4v) is 7.12. The predicted octanol–water partition coefficient (Wildman–Crippen LogP) is 8.77. The van der Waals surface area contributed by atoms with Crippen molar-refractivity contribution < 1.29 is 14.3 Å². The maximum atomic E-state index is 13.3. The molecule has 15 nitrogen and oxygen atoms in total. The zero-order valence-corrected chi connectivity index (χ0v) is 38.4. The van der Waals surface area contributed by atoms with E-state index in [1.807, 2.05) is 53.7 Å². The van der Waals surface area contributed by atoms with Gasteiger partial charge in [-0.15, -0.1) is 0 Å². The number of amidine groups is 2. The normalized spacial score (nSPS) is 16.7. The molecule has 0 spiro atoms. The van der Waals surface area contributed by atoms with Gasteiger partial charge in [0.1, 0.15) is 11.7 Å². The molecular weight excluding hydrogens is 862 g/mol. The molecule has 4 heterocycles. The topological polar surface area (TPSA) is 174 Å². The van der Waals surface area contributed by atoms with E-state index < -0.39 is 11.1 Å². The van der Waals surface area contributed by atoms with E-state index in [1.165, 1.54) is 12.4 Å². The van der Waals surface area contributed by atoms with Crippen LogP contribution in [0, 0.1) is 25.7 Å². The summed E-state index contributed by atoms with van der Waals surface area (Å²) in [5.74, 6) is 1.19. The van der Waals surface area contributed by atoms with Crippen molar-refractivity contribution in [2.45, 2.75) is 79.4 Å². The molecule has 61 heavy (non-hydrogen) atoms. The number of hydrogen-bond acceptors (Lipinski definition) is 13. The minimum absolute atomic E-state index is 0.0228. The number of ether oxygens (including phenoxy) is 1. The lowest BCUT2D eigenvalue weighted by atomic mass is 10.0. The number of hydrogen-bond donors (Lipinski definition) is 4. The number of benzene rings is 2. The molecule has 19 heteroatoms. The van der Waals surface area contributed by atoms with Crippen LogP contribution in [0.3, 0.4) is 0 Å². The van der Waals surface area contributed by atoms with Crippen LogP contribution in [0.15, 0.2) is 59.0 Å². The Morgan fingerprint density at radius 3 is 1.67 bits per heavy atom. The fraction of sp³-hybridized carbons (Fsp3) is 0.429. The lowest BCUT2D eigenvalue weighted by Gasteiger charge is -2.30. The van der Waals surface area contributed by atoms with E-state index in [0.29, 0.717) is 105 Å². The number of nitrogens with zero attached hydrogens (tertiary/aromatic N) is 8. The Morgan fingerprint density at radius 1 is 0.721 bits per heavy atom. The lowest BCUT2D eigenvalue weighted by Crippen LogP contribution is -2.36. The van der Waals surface area contributed by atoms with E-state index in [-0.39, 0.29) is 23.7 Å². The number of carbonyl (C=O) groups is 2. The summed E-state index contributed by atoms with van der Waals surface area (Å²) in [6.45, 7) is 17.8. The minimum atomic E-state index is -0.454. The molecular formula is C42H50Cl4N12O3. The van der Waals surface area contributed by atoms with Gasteiger partial charge in [0, 0.05) is 42.9 Å². The van der Waals surface area contributed by atoms with Crippen molar-refractivity contribution in [3.63, 3.8) is 0 Å². The molecule has 324 valence electrons. The van der Waals surface area contributed by atoms with E-state index >= 15 is 0 Å². The number of hydrazone groups is 2. The number of carbonyl (C=O) groups excluding carboxylic acids is 2. The van der Waals surface area contributed by atoms with Gasteiger partial charge in [0.15, 0.2) is 0 Å². The maximum absolute atomic E-state index is 13.3. The molecule has 0 fully saturated rings. The SMILES string of the molecule is Cc1nc(NCCC(C)(C)OCCC(C)(C)Nc2ncc(C(=O)NC3=NN(c4ccc(Cl)c(Cl)c4)C[C@@H]3C)c(C)n2)ncc1C(=O)NC1=NN(c2ccc(Cl)c(Cl)c2)C[C@@H]1C. The molecule has 0 aliphatic carbocycles. The average molecular weight is 913 g/mol. The molecule has 2 atom stereocenters. The first kappa shape index (κ1) is 45.7. The number of amides is 2. The minimum Gasteiger partial charge on any atom is -0.375 e. The summed E-state index contributed by atoms with van der Waals surface area (Å²) in [7, 11) is 0. The van der Waals surface area contributed by atoms with Gasteiger partial charge in [-0.3, -0.25) is 19.6 Å². The van der Waals surface area contributed by atoms with Crippen molar-refractivity contribution in [2.75, 3.05) is 46.9 Å². The second-order valence-corrected chi connectivity index (χ2v) is 18.1. The van der Waals surface area contributed by atoms with E-state index in [1.54, 1.807) is 48.1 Å². The van der Waals surface area contributed by atoms with E-state index in [4.69, 9.17) is 51.1 Å². The van der Waals surface area contributed by atoms with Gasteiger partial charge in [-0.2, -0.15) is 10.2 Å². The Labute approximate surface area is 376 Å². The van der Waals surface area contributed by atoms with E-state index in [2.05, 4.69) is 51.4 Å². The van der Waals surface area contributed by atoms with Gasteiger partial charge in [-0.1, -0.05) is 60.3 Å². The Morgan fingerprint density at radius 2 is 1.20 bits per heavy atom. The van der Waals surface area contributed by atoms with Gasteiger partial charge >= 0.3 is 0 Å². The van der Waals surface area contributed by atoms with Crippen molar-refractivity contribution in [1.29, 1.82) is 0 Å². The van der Waals surface area contributed by atoms with Crippen LogP contribution < -0.4 is 31.3 Å². The summed E-state index contributed by atoms with van der Waals surface area (Å²) >= 11 is 24.5. The number of anilines is 4. The van der Waals surface area contributed by atoms with Crippen molar-refractivity contribution in [3.8, 4) is 0 Å². The Kier molecular flexibility index (Phi) is 14.3. The van der Waals surface area contributed by atoms with Crippen LogP contribution in [0.5, 0.6) is 0 Å². The smallest absolute Gasteiger partial charge is 0.260 e. The van der Waals surface area contributed by atoms with Crippen LogP contribution >= 0.6 is 46.4 Å². The van der Waals surface area contributed by atoms with Crippen molar-refractivity contribution >= 4 is 93.2 Å². The quantitative estimate of drug-likeness (QED) is 0.0953. The molecule has 2 aromatic carbocycles. The summed E-state index contributed by atoms with van der Waals surface area (Å²) in [6, 6.07) is 10.6. The maximum Gasteiger partial charge on any atom is 0.260 e. The van der Waals surface area contributed by atoms with Crippen LogP contribution in [0.1, 0.15) is 86.5 Å². The monoisotopic (exact) mass is 910 g/mol. The van der Waals surface area contributed by atoms with Crippen LogP contribution in [-0.4, -0.2) is 80.8 Å². The van der Waals surface area contributed by atoms with Crippen LogP contribution in [0.25, 0.3) is 0 Å². The van der Waals surface area contributed by atoms with Crippen LogP contribution in [-0.2, 0) is 4.74 Å². The number of rotatable bonds is 14. The summed E-state index contributed by atoms with van der Waals surface area (Å²) in [4.78, 5) is 44.4. The molecule has 0 saturated heterocycles. The molecule has 0 unspecified atom stereocenters. The largest absolute Gasteiger partial charge is 0.375 e. The van der Waals surface area contributed by atoms with Crippen molar-refractivity contribution in [2.24, 2.45) is 22.0 Å². The third kappa shape index (κ3) is 11.8. The number of aryl methyl sites for hydroxylation is 2. The molecule has 0 bridgehead atoms. The first-order valence-corrected chi connectivity index (χ1v) is 21.4. The van der Waals surface area contributed by atoms with Gasteiger partial charge in [-0.05, 0) is 90.8 Å². The van der Waals surface area contributed by atoms with Gasteiger partial charge in [0.25, 0.3) is 11.8 Å². The highest BCUT2D eigenvalue weighted by Gasteiger charge is 2.29. The highest BCUT2D eigenvalue weighted by molar-refractivity contribution is 6.42. The second-order valence-electron chi connectivity index (χ2n) is 16.5. The second kappa shape index (κ2) is 19.1. The Balaban J connectivity index is 0.935. The first-order valence-electron chi connectivity index (χ1n) is 19.9.